The van der Waals surface area contributed by atoms with E-state index in [9.17, 15) is 9.59 Å². The van der Waals surface area contributed by atoms with Crippen molar-refractivity contribution in [2.24, 2.45) is 0 Å². The Bertz CT molecular complexity index is 754. The van der Waals surface area contributed by atoms with Gasteiger partial charge in [0.1, 0.15) is 0 Å². The number of piperazine rings is 1. The molecule has 0 spiro atoms. The van der Waals surface area contributed by atoms with Gasteiger partial charge in [0.05, 0.1) is 18.2 Å². The highest BCUT2D eigenvalue weighted by atomic mass is 32.1. The van der Waals surface area contributed by atoms with Crippen LogP contribution < -0.4 is 5.32 Å². The molecule has 0 aliphatic carbocycles. The van der Waals surface area contributed by atoms with Crippen LogP contribution in [0.5, 0.6) is 0 Å². The number of esters is 1. The molecule has 29 heavy (non-hydrogen) atoms. The van der Waals surface area contributed by atoms with Crippen molar-refractivity contribution in [3.8, 4) is 0 Å². The van der Waals surface area contributed by atoms with Crippen molar-refractivity contribution in [1.82, 2.24) is 20.0 Å². The second kappa shape index (κ2) is 10.0. The van der Waals surface area contributed by atoms with E-state index < -0.39 is 6.04 Å². The van der Waals surface area contributed by atoms with E-state index in [1.807, 2.05) is 16.8 Å². The molecule has 3 rings (SSSR count). The summed E-state index contributed by atoms with van der Waals surface area (Å²) in [6, 6.07) is 1.23. The van der Waals surface area contributed by atoms with Crippen molar-refractivity contribution in [2.45, 2.75) is 19.9 Å². The van der Waals surface area contributed by atoms with Gasteiger partial charge in [-0.2, -0.15) is 11.3 Å². The van der Waals surface area contributed by atoms with Gasteiger partial charge >= 0.3 is 12.0 Å². The molecule has 0 aromatic carbocycles. The second-order valence-electron chi connectivity index (χ2n) is 7.13. The molecule has 1 atom stereocenters. The van der Waals surface area contributed by atoms with Crippen LogP contribution in [-0.2, 0) is 9.53 Å². The highest BCUT2D eigenvalue weighted by molar-refractivity contribution is 7.08. The Kier molecular flexibility index (Phi) is 7.46. The number of nitrogens with one attached hydrogen (secondary N) is 1. The van der Waals surface area contributed by atoms with Gasteiger partial charge in [0.2, 0.25) is 0 Å². The number of rotatable bonds is 8. The molecule has 0 bridgehead atoms. The molecule has 7 nitrogen and oxygen atoms in total. The zero-order chi connectivity index (χ0) is 20.8. The first kappa shape index (κ1) is 21.5. The van der Waals surface area contributed by atoms with Gasteiger partial charge in [0, 0.05) is 45.0 Å². The summed E-state index contributed by atoms with van der Waals surface area (Å²) in [6.45, 7) is 13.7. The molecule has 1 fully saturated rings. The highest BCUT2D eigenvalue weighted by Gasteiger charge is 2.38. The number of hydrogen-bond donors (Lipinski definition) is 1. The largest absolute Gasteiger partial charge is 0.463 e. The number of amides is 2. The summed E-state index contributed by atoms with van der Waals surface area (Å²) in [6.07, 6.45) is 1.68. The summed E-state index contributed by atoms with van der Waals surface area (Å²) < 4.78 is 5.40. The van der Waals surface area contributed by atoms with Crippen molar-refractivity contribution in [2.75, 3.05) is 52.4 Å². The van der Waals surface area contributed by atoms with Gasteiger partial charge in [0.25, 0.3) is 0 Å². The fourth-order valence-electron chi connectivity index (χ4n) is 3.81. The Balaban J connectivity index is 1.99. The number of carbonyl (C=O) groups is 2. The molecule has 2 aliphatic heterocycles. The Morgan fingerprint density at radius 3 is 2.62 bits per heavy atom. The zero-order valence-corrected chi connectivity index (χ0v) is 18.0. The van der Waals surface area contributed by atoms with Gasteiger partial charge in [-0.3, -0.25) is 9.80 Å². The number of carbonyl (C=O) groups excluding carboxylic acids is 2. The van der Waals surface area contributed by atoms with Gasteiger partial charge in [-0.1, -0.05) is 13.0 Å². The van der Waals surface area contributed by atoms with Crippen molar-refractivity contribution >= 4 is 23.3 Å². The topological polar surface area (TPSA) is 65.1 Å². The molecule has 3 heterocycles. The van der Waals surface area contributed by atoms with Crippen LogP contribution in [0.4, 0.5) is 4.79 Å². The Labute approximate surface area is 176 Å². The molecule has 0 saturated carbocycles. The summed E-state index contributed by atoms with van der Waals surface area (Å²) in [7, 11) is 0. The Morgan fingerprint density at radius 1 is 1.31 bits per heavy atom. The average Bonchev–Trinajstić information content (AvgIpc) is 3.26. The van der Waals surface area contributed by atoms with Crippen molar-refractivity contribution < 1.29 is 14.3 Å². The molecule has 2 amide bonds. The summed E-state index contributed by atoms with van der Waals surface area (Å²) in [5.74, 6) is -0.375. The lowest BCUT2D eigenvalue weighted by atomic mass is 9.96. The number of hydrogen-bond acceptors (Lipinski definition) is 6. The number of nitrogens with zero attached hydrogens (tertiary/aromatic N) is 3. The van der Waals surface area contributed by atoms with Gasteiger partial charge in [-0.05, 0) is 35.9 Å². The quantitative estimate of drug-likeness (QED) is 0.519. The molecule has 2 aliphatic rings. The summed E-state index contributed by atoms with van der Waals surface area (Å²) in [5, 5.41) is 6.90. The van der Waals surface area contributed by atoms with Crippen molar-refractivity contribution in [3.63, 3.8) is 0 Å². The second-order valence-corrected chi connectivity index (χ2v) is 7.91. The van der Waals surface area contributed by atoms with Gasteiger partial charge in [-0.25, -0.2) is 9.59 Å². The normalized spacial score (nSPS) is 21.2. The van der Waals surface area contributed by atoms with Crippen LogP contribution in [0.15, 0.2) is 40.8 Å². The summed E-state index contributed by atoms with van der Waals surface area (Å²) in [4.78, 5) is 32.3. The number of likely N-dealkylation sites (N-methyl/N-ethyl adjacent to an activating group) is 1. The van der Waals surface area contributed by atoms with Crippen LogP contribution in [0.1, 0.15) is 25.5 Å². The third-order valence-corrected chi connectivity index (χ3v) is 6.11. The highest BCUT2D eigenvalue weighted by Crippen LogP contribution is 2.33. The summed E-state index contributed by atoms with van der Waals surface area (Å²) in [5.41, 5.74) is 2.14. The Morgan fingerprint density at radius 2 is 2.03 bits per heavy atom. The molecule has 158 valence electrons. The first-order chi connectivity index (χ1) is 14.1. The third kappa shape index (κ3) is 4.88. The molecular weight excluding hydrogens is 388 g/mol. The van der Waals surface area contributed by atoms with Crippen LogP contribution in [0.25, 0.3) is 0 Å². The molecular formula is C21H30N4O3S. The lowest BCUT2D eigenvalue weighted by Crippen LogP contribution is -2.53. The maximum absolute atomic E-state index is 13.0. The van der Waals surface area contributed by atoms with E-state index in [4.69, 9.17) is 4.74 Å². The fraction of sp³-hybridized carbons (Fsp3) is 0.524. The van der Waals surface area contributed by atoms with E-state index >= 15 is 0 Å². The minimum absolute atomic E-state index is 0.212. The zero-order valence-electron chi connectivity index (χ0n) is 17.2. The minimum atomic E-state index is -0.499. The lowest BCUT2D eigenvalue weighted by Gasteiger charge is -2.40. The summed E-state index contributed by atoms with van der Waals surface area (Å²) >= 11 is 1.54. The van der Waals surface area contributed by atoms with Crippen LogP contribution >= 0.6 is 11.3 Å². The minimum Gasteiger partial charge on any atom is -0.463 e. The van der Waals surface area contributed by atoms with Crippen LogP contribution in [-0.4, -0.2) is 79.1 Å². The average molecular weight is 419 g/mol. The van der Waals surface area contributed by atoms with E-state index in [2.05, 4.69) is 28.6 Å². The molecule has 1 N–H and O–H groups in total. The Hall–Kier alpha value is -2.16. The maximum Gasteiger partial charge on any atom is 0.338 e. The number of urea groups is 1. The molecule has 8 heteroatoms. The monoisotopic (exact) mass is 418 g/mol. The number of thiophene rings is 1. The molecule has 1 aromatic heterocycles. The van der Waals surface area contributed by atoms with Crippen LogP contribution in [0.2, 0.25) is 0 Å². The van der Waals surface area contributed by atoms with Gasteiger partial charge < -0.3 is 15.0 Å². The molecule has 1 saturated heterocycles. The van der Waals surface area contributed by atoms with E-state index in [0.29, 0.717) is 24.4 Å². The van der Waals surface area contributed by atoms with Gasteiger partial charge in [0.15, 0.2) is 0 Å². The predicted octanol–water partition coefficient (Wildman–Crippen LogP) is 2.46. The third-order valence-electron chi connectivity index (χ3n) is 5.41. The maximum atomic E-state index is 13.0. The SMILES string of the molecule is C=CCN1C(=O)NC(c2ccsc2)C(C(=O)OCC)=C1CN1CCN(CC)CC1. The molecule has 0 radical (unpaired) electrons. The fourth-order valence-corrected chi connectivity index (χ4v) is 4.50. The molecule has 1 aromatic rings. The van der Waals surface area contributed by atoms with E-state index in [1.54, 1.807) is 29.2 Å². The van der Waals surface area contributed by atoms with E-state index in [1.165, 1.54) is 0 Å². The lowest BCUT2D eigenvalue weighted by molar-refractivity contribution is -0.139. The van der Waals surface area contributed by atoms with Crippen molar-refractivity contribution in [1.29, 1.82) is 0 Å². The first-order valence-electron chi connectivity index (χ1n) is 10.1. The predicted molar refractivity (Wildman–Crippen MR) is 115 cm³/mol. The van der Waals surface area contributed by atoms with E-state index in [-0.39, 0.29) is 18.6 Å². The smallest absolute Gasteiger partial charge is 0.338 e. The van der Waals surface area contributed by atoms with Crippen molar-refractivity contribution in [3.05, 3.63) is 46.3 Å². The standard InChI is InChI=1S/C21H30N4O3S/c1-4-8-25-17(14-24-11-9-23(5-2)10-12-24)18(20(26)28-6-3)19(22-21(25)27)16-7-13-29-15-16/h4,7,13,15,19H,1,5-6,8-12,14H2,2-3H3,(H,22,27). The van der Waals surface area contributed by atoms with Crippen LogP contribution in [0.3, 0.4) is 0 Å². The number of ether oxygens (including phenoxy) is 1. The van der Waals surface area contributed by atoms with Crippen LogP contribution in [0, 0.1) is 0 Å². The first-order valence-corrected chi connectivity index (χ1v) is 11.1. The molecule has 1 unspecified atom stereocenters. The van der Waals surface area contributed by atoms with E-state index in [0.717, 1.165) is 38.3 Å². The van der Waals surface area contributed by atoms with Gasteiger partial charge in [-0.15, -0.1) is 6.58 Å².